The zero-order valence-electron chi connectivity index (χ0n) is 7.82. The van der Waals surface area contributed by atoms with Crippen LogP contribution in [0.4, 0.5) is 5.69 Å². The van der Waals surface area contributed by atoms with Gasteiger partial charge in [0, 0.05) is 6.20 Å². The Kier molecular flexibility index (Phi) is 1.89. The summed E-state index contributed by atoms with van der Waals surface area (Å²) in [6, 6.07) is 7.62. The van der Waals surface area contributed by atoms with Gasteiger partial charge in [0.1, 0.15) is 5.69 Å². The fourth-order valence-electron chi connectivity index (χ4n) is 1.38. The maximum Gasteiger partial charge on any atom is 0.294 e. The van der Waals surface area contributed by atoms with E-state index in [4.69, 9.17) is 5.73 Å². The smallest absolute Gasteiger partial charge is 0.294 e. The molecule has 14 heavy (non-hydrogen) atoms. The SMILES string of the molecule is Cc1ccccc1-n1[nH]cc(N)c1=O. The normalized spacial score (nSPS) is 10.4. The predicted molar refractivity (Wildman–Crippen MR) is 55.5 cm³/mol. The Morgan fingerprint density at radius 3 is 2.64 bits per heavy atom. The number of rotatable bonds is 1. The lowest BCUT2D eigenvalue weighted by Gasteiger charge is -2.04. The van der Waals surface area contributed by atoms with Gasteiger partial charge in [-0.05, 0) is 18.6 Å². The molecule has 0 amide bonds. The number of aromatic amines is 1. The number of nitrogens with one attached hydrogen (secondary N) is 1. The number of nitrogens with two attached hydrogens (primary N) is 1. The molecule has 0 spiro atoms. The maximum atomic E-state index is 11.5. The van der Waals surface area contributed by atoms with Gasteiger partial charge in [0.25, 0.3) is 5.56 Å². The van der Waals surface area contributed by atoms with Crippen LogP contribution < -0.4 is 11.3 Å². The van der Waals surface area contributed by atoms with Gasteiger partial charge >= 0.3 is 0 Å². The van der Waals surface area contributed by atoms with Crippen molar-refractivity contribution >= 4 is 5.69 Å². The molecule has 0 radical (unpaired) electrons. The molecule has 0 saturated heterocycles. The Hall–Kier alpha value is -1.97. The van der Waals surface area contributed by atoms with Crippen LogP contribution in [-0.4, -0.2) is 9.78 Å². The van der Waals surface area contributed by atoms with Crippen LogP contribution in [0.15, 0.2) is 35.3 Å². The fraction of sp³-hybridized carbons (Fsp3) is 0.100. The van der Waals surface area contributed by atoms with Crippen LogP contribution in [0.1, 0.15) is 5.56 Å². The standard InChI is InChI=1S/C10H11N3O/c1-7-4-2-3-5-9(7)13-10(14)8(11)6-12-13/h2-6,12H,11H2,1H3. The number of nitrogens with zero attached hydrogens (tertiary/aromatic N) is 1. The van der Waals surface area contributed by atoms with E-state index in [1.54, 1.807) is 0 Å². The number of anilines is 1. The molecule has 0 bridgehead atoms. The number of nitrogen functional groups attached to an aromatic ring is 1. The molecular weight excluding hydrogens is 178 g/mol. The van der Waals surface area contributed by atoms with Crippen LogP contribution >= 0.6 is 0 Å². The van der Waals surface area contributed by atoms with Crippen molar-refractivity contribution in [3.63, 3.8) is 0 Å². The minimum absolute atomic E-state index is 0.209. The fourth-order valence-corrected chi connectivity index (χ4v) is 1.38. The third-order valence-electron chi connectivity index (χ3n) is 2.16. The summed E-state index contributed by atoms with van der Waals surface area (Å²) in [5, 5.41) is 2.81. The van der Waals surface area contributed by atoms with Crippen LogP contribution in [0.25, 0.3) is 5.69 Å². The van der Waals surface area contributed by atoms with E-state index in [9.17, 15) is 4.79 Å². The highest BCUT2D eigenvalue weighted by atomic mass is 16.1. The molecular formula is C10H11N3O. The quantitative estimate of drug-likeness (QED) is 0.704. The van der Waals surface area contributed by atoms with Crippen molar-refractivity contribution in [2.24, 2.45) is 0 Å². The molecule has 4 nitrogen and oxygen atoms in total. The third kappa shape index (κ3) is 1.21. The highest BCUT2D eigenvalue weighted by molar-refractivity contribution is 5.42. The van der Waals surface area contributed by atoms with Crippen molar-refractivity contribution < 1.29 is 0 Å². The first-order valence-corrected chi connectivity index (χ1v) is 4.32. The average molecular weight is 189 g/mol. The van der Waals surface area contributed by atoms with Crippen molar-refractivity contribution in [1.82, 2.24) is 9.78 Å². The Balaban J connectivity index is 2.67. The third-order valence-corrected chi connectivity index (χ3v) is 2.16. The van der Waals surface area contributed by atoms with Crippen LogP contribution in [0.3, 0.4) is 0 Å². The van der Waals surface area contributed by atoms with Gasteiger partial charge in [0.15, 0.2) is 0 Å². The van der Waals surface area contributed by atoms with Crippen LogP contribution in [0.5, 0.6) is 0 Å². The second kappa shape index (κ2) is 3.06. The lowest BCUT2D eigenvalue weighted by Crippen LogP contribution is -2.17. The van der Waals surface area contributed by atoms with E-state index in [0.29, 0.717) is 0 Å². The number of H-pyrrole nitrogens is 1. The summed E-state index contributed by atoms with van der Waals surface area (Å²) >= 11 is 0. The van der Waals surface area contributed by atoms with Crippen molar-refractivity contribution in [2.75, 3.05) is 5.73 Å². The molecule has 2 aromatic rings. The number of para-hydroxylation sites is 1. The molecule has 0 fully saturated rings. The molecule has 4 heteroatoms. The van der Waals surface area contributed by atoms with E-state index >= 15 is 0 Å². The van der Waals surface area contributed by atoms with E-state index in [2.05, 4.69) is 5.10 Å². The first kappa shape index (κ1) is 8.62. The van der Waals surface area contributed by atoms with Crippen molar-refractivity contribution in [3.8, 4) is 5.69 Å². The summed E-state index contributed by atoms with van der Waals surface area (Å²) in [4.78, 5) is 11.5. The van der Waals surface area contributed by atoms with Gasteiger partial charge in [0.05, 0.1) is 5.69 Å². The predicted octanol–water partition coefficient (Wildman–Crippen LogP) is 1.06. The molecule has 0 saturated carbocycles. The second-order valence-electron chi connectivity index (χ2n) is 3.16. The number of hydrogen-bond donors (Lipinski definition) is 2. The molecule has 0 aliphatic carbocycles. The topological polar surface area (TPSA) is 63.8 Å². The number of aromatic nitrogens is 2. The zero-order valence-corrected chi connectivity index (χ0v) is 7.82. The molecule has 1 aromatic carbocycles. The number of hydrogen-bond acceptors (Lipinski definition) is 2. The molecule has 1 heterocycles. The lowest BCUT2D eigenvalue weighted by molar-refractivity contribution is 0.843. The molecule has 3 N–H and O–H groups in total. The molecule has 0 unspecified atom stereocenters. The van der Waals surface area contributed by atoms with E-state index < -0.39 is 0 Å². The van der Waals surface area contributed by atoms with E-state index in [1.165, 1.54) is 10.9 Å². The molecule has 0 aliphatic rings. The lowest BCUT2D eigenvalue weighted by atomic mass is 10.2. The first-order valence-electron chi connectivity index (χ1n) is 4.32. The van der Waals surface area contributed by atoms with Gasteiger partial charge in [-0.2, -0.15) is 0 Å². The van der Waals surface area contributed by atoms with Gasteiger partial charge in [-0.1, -0.05) is 18.2 Å². The minimum Gasteiger partial charge on any atom is -0.393 e. The summed E-state index contributed by atoms with van der Waals surface area (Å²) in [5.41, 5.74) is 7.34. The Morgan fingerprint density at radius 2 is 2.07 bits per heavy atom. The minimum atomic E-state index is -0.209. The summed E-state index contributed by atoms with van der Waals surface area (Å²) in [6.45, 7) is 1.94. The van der Waals surface area contributed by atoms with Crippen molar-refractivity contribution in [2.45, 2.75) is 6.92 Å². The summed E-state index contributed by atoms with van der Waals surface area (Å²) < 4.78 is 1.44. The Labute approximate surface area is 81.0 Å². The second-order valence-corrected chi connectivity index (χ2v) is 3.16. The van der Waals surface area contributed by atoms with Gasteiger partial charge in [-0.3, -0.25) is 9.89 Å². The first-order chi connectivity index (χ1) is 6.70. The van der Waals surface area contributed by atoms with E-state index in [-0.39, 0.29) is 11.2 Å². The summed E-state index contributed by atoms with van der Waals surface area (Å²) in [6.07, 6.45) is 1.49. The van der Waals surface area contributed by atoms with Gasteiger partial charge in [-0.25, -0.2) is 4.68 Å². The van der Waals surface area contributed by atoms with Crippen LogP contribution in [-0.2, 0) is 0 Å². The Morgan fingerprint density at radius 1 is 1.36 bits per heavy atom. The summed E-state index contributed by atoms with van der Waals surface area (Å²) in [5.74, 6) is 0. The largest absolute Gasteiger partial charge is 0.393 e. The molecule has 72 valence electrons. The van der Waals surface area contributed by atoms with Crippen LogP contribution in [0.2, 0.25) is 0 Å². The highest BCUT2D eigenvalue weighted by Crippen LogP contribution is 2.10. The maximum absolute atomic E-state index is 11.5. The molecule has 0 atom stereocenters. The molecule has 1 aromatic heterocycles. The molecule has 2 rings (SSSR count). The van der Waals surface area contributed by atoms with E-state index in [0.717, 1.165) is 11.3 Å². The number of benzene rings is 1. The average Bonchev–Trinajstić information content (AvgIpc) is 2.49. The molecule has 0 aliphatic heterocycles. The van der Waals surface area contributed by atoms with E-state index in [1.807, 2.05) is 31.2 Å². The van der Waals surface area contributed by atoms with Crippen LogP contribution in [0, 0.1) is 6.92 Å². The Bertz CT molecular complexity index is 510. The van der Waals surface area contributed by atoms with Crippen molar-refractivity contribution in [3.05, 3.63) is 46.4 Å². The monoisotopic (exact) mass is 189 g/mol. The highest BCUT2D eigenvalue weighted by Gasteiger charge is 2.05. The van der Waals surface area contributed by atoms with Gasteiger partial charge in [0.2, 0.25) is 0 Å². The van der Waals surface area contributed by atoms with Crippen molar-refractivity contribution in [1.29, 1.82) is 0 Å². The van der Waals surface area contributed by atoms with Gasteiger partial charge < -0.3 is 5.73 Å². The van der Waals surface area contributed by atoms with Gasteiger partial charge in [-0.15, -0.1) is 0 Å². The zero-order chi connectivity index (χ0) is 10.1. The summed E-state index contributed by atoms with van der Waals surface area (Å²) in [7, 11) is 0. The number of aryl methyl sites for hydroxylation is 1.